The van der Waals surface area contributed by atoms with Gasteiger partial charge in [0.15, 0.2) is 5.69 Å². The van der Waals surface area contributed by atoms with Gasteiger partial charge in [-0.15, -0.1) is 0 Å². The molecule has 4 aromatic rings. The normalized spacial score (nSPS) is 10.7. The molecule has 0 unspecified atom stereocenters. The van der Waals surface area contributed by atoms with E-state index < -0.39 is 0 Å². The Morgan fingerprint density at radius 1 is 1.09 bits per heavy atom. The first-order valence-corrected chi connectivity index (χ1v) is 10.4. The molecule has 9 nitrogen and oxygen atoms in total. The average Bonchev–Trinajstić information content (AvgIpc) is 3.42. The molecule has 0 bridgehead atoms. The number of nitrogens with zero attached hydrogens (tertiary/aromatic N) is 3. The number of aryl methyl sites for hydroxylation is 3. The van der Waals surface area contributed by atoms with Gasteiger partial charge in [-0.3, -0.25) is 14.6 Å². The molecule has 9 heteroatoms. The highest BCUT2D eigenvalue weighted by molar-refractivity contribution is 5.92. The zero-order chi connectivity index (χ0) is 23.2. The number of rotatable bonds is 8. The number of carbonyl (C=O) groups excluding carboxylic acids is 2. The Morgan fingerprint density at radius 2 is 1.97 bits per heavy atom. The van der Waals surface area contributed by atoms with Gasteiger partial charge in [0.05, 0.1) is 6.54 Å². The summed E-state index contributed by atoms with van der Waals surface area (Å²) >= 11 is 0. The molecule has 33 heavy (non-hydrogen) atoms. The summed E-state index contributed by atoms with van der Waals surface area (Å²) in [5.74, 6) is 1.11. The molecule has 0 saturated heterocycles. The molecule has 0 aliphatic carbocycles. The van der Waals surface area contributed by atoms with Crippen molar-refractivity contribution in [1.29, 1.82) is 0 Å². The van der Waals surface area contributed by atoms with Crippen LogP contribution in [-0.4, -0.2) is 26.9 Å². The van der Waals surface area contributed by atoms with Crippen LogP contribution in [0.1, 0.15) is 39.7 Å². The average molecular weight is 445 g/mol. The van der Waals surface area contributed by atoms with Crippen LogP contribution in [0.4, 0.5) is 5.69 Å². The van der Waals surface area contributed by atoms with E-state index in [0.29, 0.717) is 47.2 Å². The predicted octanol–water partition coefficient (Wildman–Crippen LogP) is 3.84. The van der Waals surface area contributed by atoms with Crippen LogP contribution in [0.25, 0.3) is 11.5 Å². The van der Waals surface area contributed by atoms with Crippen molar-refractivity contribution in [3.05, 3.63) is 83.3 Å². The third-order valence-electron chi connectivity index (χ3n) is 4.93. The molecule has 3 aromatic heterocycles. The van der Waals surface area contributed by atoms with E-state index in [0.717, 1.165) is 5.56 Å². The minimum atomic E-state index is -0.355. The van der Waals surface area contributed by atoms with Gasteiger partial charge in [0.1, 0.15) is 17.2 Å². The molecule has 2 amide bonds. The number of hydrogen-bond acceptors (Lipinski definition) is 7. The van der Waals surface area contributed by atoms with Gasteiger partial charge in [0, 0.05) is 36.1 Å². The lowest BCUT2D eigenvalue weighted by Gasteiger charge is -2.06. The highest BCUT2D eigenvalue weighted by atomic mass is 16.5. The topological polar surface area (TPSA) is 123 Å². The van der Waals surface area contributed by atoms with Crippen LogP contribution >= 0.6 is 0 Å². The van der Waals surface area contributed by atoms with E-state index in [1.165, 1.54) is 0 Å². The van der Waals surface area contributed by atoms with Gasteiger partial charge >= 0.3 is 0 Å². The van der Waals surface area contributed by atoms with E-state index >= 15 is 0 Å². The Hall–Kier alpha value is -4.27. The fourth-order valence-corrected chi connectivity index (χ4v) is 3.20. The minimum absolute atomic E-state index is 0.0916. The van der Waals surface area contributed by atoms with Crippen molar-refractivity contribution < 1.29 is 18.5 Å². The third-order valence-corrected chi connectivity index (χ3v) is 4.93. The minimum Gasteiger partial charge on any atom is -0.441 e. The maximum absolute atomic E-state index is 12.3. The van der Waals surface area contributed by atoms with Gasteiger partial charge in [-0.1, -0.05) is 17.3 Å². The van der Waals surface area contributed by atoms with Crippen LogP contribution < -0.4 is 10.6 Å². The molecule has 4 rings (SSSR count). The van der Waals surface area contributed by atoms with E-state index in [2.05, 4.69) is 25.8 Å². The number of hydrogen-bond donors (Lipinski definition) is 2. The van der Waals surface area contributed by atoms with Crippen molar-refractivity contribution in [3.8, 4) is 11.5 Å². The Labute approximate surface area is 190 Å². The smallest absolute Gasteiger partial charge is 0.273 e. The van der Waals surface area contributed by atoms with E-state index in [9.17, 15) is 9.59 Å². The fraction of sp³-hybridized carbons (Fsp3) is 0.208. The lowest BCUT2D eigenvalue weighted by atomic mass is 10.1. The third kappa shape index (κ3) is 5.70. The molecule has 0 saturated carbocycles. The molecule has 0 radical (unpaired) electrons. The van der Waals surface area contributed by atoms with Crippen LogP contribution in [0.2, 0.25) is 0 Å². The summed E-state index contributed by atoms with van der Waals surface area (Å²) in [4.78, 5) is 33.1. The molecule has 3 heterocycles. The van der Waals surface area contributed by atoms with Crippen molar-refractivity contribution in [2.45, 2.75) is 33.2 Å². The van der Waals surface area contributed by atoms with E-state index in [4.69, 9.17) is 8.94 Å². The predicted molar refractivity (Wildman–Crippen MR) is 120 cm³/mol. The lowest BCUT2D eigenvalue weighted by Crippen LogP contribution is -2.23. The van der Waals surface area contributed by atoms with Crippen LogP contribution in [0.5, 0.6) is 0 Å². The second-order valence-corrected chi connectivity index (χ2v) is 7.52. The highest BCUT2D eigenvalue weighted by Gasteiger charge is 2.15. The SMILES string of the molecule is Cc1cc(C(=O)NCc2nc(-c3cccc(NC(=O)CCc4cccnc4)c3)oc2C)no1. The van der Waals surface area contributed by atoms with Crippen LogP contribution in [0.3, 0.4) is 0 Å². The Balaban J connectivity index is 1.37. The number of carbonyl (C=O) groups is 2. The van der Waals surface area contributed by atoms with Gasteiger partial charge in [-0.25, -0.2) is 4.98 Å². The Kier molecular flexibility index (Phi) is 6.58. The quantitative estimate of drug-likeness (QED) is 0.422. The Morgan fingerprint density at radius 3 is 2.73 bits per heavy atom. The molecule has 1 aromatic carbocycles. The van der Waals surface area contributed by atoms with Gasteiger partial charge in [0.2, 0.25) is 11.8 Å². The first-order valence-electron chi connectivity index (χ1n) is 10.4. The second-order valence-electron chi connectivity index (χ2n) is 7.52. The summed E-state index contributed by atoms with van der Waals surface area (Å²) in [5, 5.41) is 9.35. The summed E-state index contributed by atoms with van der Waals surface area (Å²) in [6.45, 7) is 3.68. The number of anilines is 1. The summed E-state index contributed by atoms with van der Waals surface area (Å²) in [7, 11) is 0. The van der Waals surface area contributed by atoms with Crippen molar-refractivity contribution >= 4 is 17.5 Å². The number of aromatic nitrogens is 3. The fourth-order valence-electron chi connectivity index (χ4n) is 3.20. The molecular weight excluding hydrogens is 422 g/mol. The number of amides is 2. The van der Waals surface area contributed by atoms with Crippen LogP contribution in [-0.2, 0) is 17.8 Å². The van der Waals surface area contributed by atoms with E-state index in [1.54, 1.807) is 38.4 Å². The lowest BCUT2D eigenvalue weighted by molar-refractivity contribution is -0.116. The van der Waals surface area contributed by atoms with Gasteiger partial charge in [-0.2, -0.15) is 0 Å². The Bertz CT molecular complexity index is 1260. The molecular formula is C24H23N5O4. The highest BCUT2D eigenvalue weighted by Crippen LogP contribution is 2.24. The first-order chi connectivity index (χ1) is 16.0. The van der Waals surface area contributed by atoms with Crippen molar-refractivity contribution in [2.24, 2.45) is 0 Å². The van der Waals surface area contributed by atoms with Crippen molar-refractivity contribution in [2.75, 3.05) is 5.32 Å². The van der Waals surface area contributed by atoms with Crippen molar-refractivity contribution in [3.63, 3.8) is 0 Å². The van der Waals surface area contributed by atoms with Crippen LogP contribution in [0.15, 0.2) is 63.8 Å². The zero-order valence-electron chi connectivity index (χ0n) is 18.3. The van der Waals surface area contributed by atoms with Crippen molar-refractivity contribution in [1.82, 2.24) is 20.4 Å². The molecule has 0 aliphatic rings. The summed E-state index contributed by atoms with van der Waals surface area (Å²) in [5.41, 5.74) is 3.18. The van der Waals surface area contributed by atoms with E-state index in [1.807, 2.05) is 30.3 Å². The number of nitrogens with one attached hydrogen (secondary N) is 2. The summed E-state index contributed by atoms with van der Waals surface area (Å²) in [6.07, 6.45) is 4.42. The molecule has 0 spiro atoms. The van der Waals surface area contributed by atoms with Gasteiger partial charge in [0.25, 0.3) is 5.91 Å². The largest absolute Gasteiger partial charge is 0.441 e. The standard InChI is InChI=1S/C24H23N5O4/c1-15-11-20(29-33-15)23(31)26-14-21-16(2)32-24(28-21)18-6-3-7-19(12-18)27-22(30)9-8-17-5-4-10-25-13-17/h3-7,10-13H,8-9,14H2,1-2H3,(H,26,31)(H,27,30). The number of pyridine rings is 1. The molecule has 168 valence electrons. The molecule has 2 N–H and O–H groups in total. The first kappa shape index (κ1) is 21.9. The van der Waals surface area contributed by atoms with Crippen LogP contribution in [0, 0.1) is 13.8 Å². The maximum atomic E-state index is 12.3. The molecule has 0 aliphatic heterocycles. The maximum Gasteiger partial charge on any atom is 0.273 e. The van der Waals surface area contributed by atoms with Gasteiger partial charge < -0.3 is 19.6 Å². The summed E-state index contributed by atoms with van der Waals surface area (Å²) in [6, 6.07) is 12.6. The molecule has 0 fully saturated rings. The zero-order valence-corrected chi connectivity index (χ0v) is 18.3. The van der Waals surface area contributed by atoms with E-state index in [-0.39, 0.29) is 24.1 Å². The monoisotopic (exact) mass is 445 g/mol. The van der Waals surface area contributed by atoms with Gasteiger partial charge in [-0.05, 0) is 50.1 Å². The molecule has 0 atom stereocenters. The second kappa shape index (κ2) is 9.90. The number of oxazole rings is 1. The number of benzene rings is 1. The summed E-state index contributed by atoms with van der Waals surface area (Å²) < 4.78 is 10.7.